The van der Waals surface area contributed by atoms with Crippen LogP contribution in [0.1, 0.15) is 37.5 Å². The number of halogens is 1. The Balaban J connectivity index is 4.05. The molecule has 1 rings (SSSR count). The minimum absolute atomic E-state index is 0.159. The Morgan fingerprint density at radius 1 is 0.929 bits per heavy atom. The quantitative estimate of drug-likeness (QED) is 0.215. The Bertz CT molecular complexity index is 791. The number of esters is 2. The molecule has 0 radical (unpaired) electrons. The number of rotatable bonds is 5. The number of aryl methyl sites for hydroxylation is 2. The van der Waals surface area contributed by atoms with E-state index in [4.69, 9.17) is 9.47 Å². The molecule has 5 nitrogen and oxygen atoms in total. The predicted octanol–water partition coefficient (Wildman–Crippen LogP) is 4.62. The van der Waals surface area contributed by atoms with Crippen molar-refractivity contribution in [2.45, 2.75) is 34.6 Å². The van der Waals surface area contributed by atoms with Crippen LogP contribution in [-0.4, -0.2) is 45.2 Å². The number of hydrogen-bond donors (Lipinski definition) is 0. The Labute approximate surface area is 176 Å². The number of allylic oxidation sites excluding steroid dienone is 2. The Morgan fingerprint density at radius 2 is 1.36 bits per heavy atom. The Kier molecular flexibility index (Phi) is 8.05. The first kappa shape index (κ1) is 24.0. The van der Waals surface area contributed by atoms with Crippen LogP contribution in [-0.2, 0) is 19.1 Å². The van der Waals surface area contributed by atoms with Crippen molar-refractivity contribution in [1.29, 1.82) is 0 Å². The summed E-state index contributed by atoms with van der Waals surface area (Å²) in [5, 5.41) is 0. The van der Waals surface area contributed by atoms with Crippen LogP contribution in [0.4, 0.5) is 0 Å². The van der Waals surface area contributed by atoms with E-state index in [-0.39, 0.29) is 11.0 Å². The fourth-order valence-electron chi connectivity index (χ4n) is 3.14. The van der Waals surface area contributed by atoms with Crippen molar-refractivity contribution in [3.05, 3.63) is 50.6 Å². The fraction of sp³-hybridized carbons (Fsp3) is 0.455. The highest BCUT2D eigenvalue weighted by Crippen LogP contribution is 2.43. The fourth-order valence-corrected chi connectivity index (χ4v) is 4.51. The van der Waals surface area contributed by atoms with Crippen LogP contribution in [0, 0.1) is 19.3 Å². The third-order valence-electron chi connectivity index (χ3n) is 4.15. The van der Waals surface area contributed by atoms with E-state index in [0.29, 0.717) is 10.2 Å². The Hall–Kier alpha value is -2.08. The average Bonchev–Trinajstić information content (AvgIpc) is 2.55. The largest absolute Gasteiger partial charge is 0.465 e. The molecule has 0 atom stereocenters. The highest BCUT2D eigenvalue weighted by molar-refractivity contribution is 9.12. The van der Waals surface area contributed by atoms with Crippen LogP contribution >= 0.6 is 15.9 Å². The molecule has 0 heterocycles. The summed E-state index contributed by atoms with van der Waals surface area (Å²) in [6.45, 7) is 10.4. The van der Waals surface area contributed by atoms with Crippen molar-refractivity contribution in [2.75, 3.05) is 28.3 Å². The molecule has 0 saturated carbocycles. The zero-order valence-corrected chi connectivity index (χ0v) is 19.8. The molecule has 0 unspecified atom stereocenters. The molecule has 0 bridgehead atoms. The second-order valence-corrected chi connectivity index (χ2v) is 8.71. The van der Waals surface area contributed by atoms with Gasteiger partial charge in [-0.1, -0.05) is 50.1 Å². The van der Waals surface area contributed by atoms with Gasteiger partial charge in [0.05, 0.1) is 19.9 Å². The maximum Gasteiger partial charge on any atom is 0.347 e. The molecule has 0 amide bonds. The van der Waals surface area contributed by atoms with Gasteiger partial charge in [-0.05, 0) is 46.3 Å². The number of likely N-dealkylation sites (N-methyl/N-ethyl adjacent to an activating group) is 1. The molecule has 1 aromatic rings. The molecule has 0 aliphatic carbocycles. The van der Waals surface area contributed by atoms with Crippen molar-refractivity contribution in [2.24, 2.45) is 5.41 Å². The monoisotopic (exact) mass is 451 g/mol. The molecule has 154 valence electrons. The molecule has 0 spiro atoms. The molecule has 0 aliphatic heterocycles. The normalized spacial score (nSPS) is 12.1. The first-order valence-corrected chi connectivity index (χ1v) is 9.72. The van der Waals surface area contributed by atoms with Gasteiger partial charge >= 0.3 is 11.9 Å². The van der Waals surface area contributed by atoms with Gasteiger partial charge in [0.2, 0.25) is 0 Å². The van der Waals surface area contributed by atoms with Crippen LogP contribution in [0.3, 0.4) is 0 Å². The van der Waals surface area contributed by atoms with Gasteiger partial charge in [0.15, 0.2) is 5.57 Å². The van der Waals surface area contributed by atoms with Gasteiger partial charge in [-0.3, -0.25) is 0 Å². The van der Waals surface area contributed by atoms with Crippen LogP contribution in [0.5, 0.6) is 0 Å². The third kappa shape index (κ3) is 5.47. The van der Waals surface area contributed by atoms with Gasteiger partial charge in [-0.2, -0.15) is 0 Å². The number of nitrogens with zero attached hydrogens (tertiary/aromatic N) is 1. The zero-order valence-electron chi connectivity index (χ0n) is 18.2. The molecule has 0 fully saturated rings. The summed E-state index contributed by atoms with van der Waals surface area (Å²) in [5.41, 5.74) is 4.22. The second kappa shape index (κ2) is 9.41. The van der Waals surface area contributed by atoms with Gasteiger partial charge < -0.3 is 14.4 Å². The molecule has 0 N–H and O–H groups in total. The maximum absolute atomic E-state index is 12.4. The van der Waals surface area contributed by atoms with Crippen LogP contribution in [0.15, 0.2) is 34.0 Å². The van der Waals surface area contributed by atoms with Crippen molar-refractivity contribution in [1.82, 2.24) is 4.90 Å². The summed E-state index contributed by atoms with van der Waals surface area (Å²) in [6.07, 6.45) is 0. The average molecular weight is 452 g/mol. The van der Waals surface area contributed by atoms with Crippen LogP contribution < -0.4 is 0 Å². The van der Waals surface area contributed by atoms with E-state index in [2.05, 4.69) is 54.9 Å². The first-order chi connectivity index (χ1) is 12.8. The SMILES string of the molecule is COC(=O)C(C(=O)OC)=C(/C(Br)=C(/c1cc(C)cc(C)c1)C(C)(C)C)N(C)C. The topological polar surface area (TPSA) is 55.8 Å². The predicted molar refractivity (Wildman–Crippen MR) is 116 cm³/mol. The minimum atomic E-state index is -0.749. The molecule has 0 aliphatic rings. The molecule has 28 heavy (non-hydrogen) atoms. The molecule has 0 saturated heterocycles. The van der Waals surface area contributed by atoms with Gasteiger partial charge in [0.25, 0.3) is 0 Å². The smallest absolute Gasteiger partial charge is 0.347 e. The maximum atomic E-state index is 12.4. The number of carbonyl (C=O) groups excluding carboxylic acids is 2. The lowest BCUT2D eigenvalue weighted by molar-refractivity contribution is -0.144. The van der Waals surface area contributed by atoms with Crippen molar-refractivity contribution in [3.63, 3.8) is 0 Å². The van der Waals surface area contributed by atoms with Crippen LogP contribution in [0.25, 0.3) is 5.57 Å². The summed E-state index contributed by atoms with van der Waals surface area (Å²) in [7, 11) is 6.02. The molecule has 6 heteroatoms. The molecule has 0 aromatic heterocycles. The van der Waals surface area contributed by atoms with Gasteiger partial charge in [0.1, 0.15) is 0 Å². The number of ether oxygens (including phenoxy) is 2. The number of carbonyl (C=O) groups is 2. The highest BCUT2D eigenvalue weighted by atomic mass is 79.9. The van der Waals surface area contributed by atoms with Crippen molar-refractivity contribution < 1.29 is 19.1 Å². The lowest BCUT2D eigenvalue weighted by Crippen LogP contribution is -2.26. The number of benzene rings is 1. The second-order valence-electron chi connectivity index (χ2n) is 7.92. The summed E-state index contributed by atoms with van der Waals surface area (Å²) in [5.74, 6) is -1.50. The van der Waals surface area contributed by atoms with E-state index in [1.165, 1.54) is 14.2 Å². The van der Waals surface area contributed by atoms with Crippen molar-refractivity contribution in [3.8, 4) is 0 Å². The molecule has 1 aromatic carbocycles. The summed E-state index contributed by atoms with van der Waals surface area (Å²) in [4.78, 5) is 26.6. The van der Waals surface area contributed by atoms with E-state index in [1.807, 2.05) is 13.8 Å². The van der Waals surface area contributed by atoms with E-state index < -0.39 is 11.9 Å². The van der Waals surface area contributed by atoms with Gasteiger partial charge in [0, 0.05) is 18.6 Å². The summed E-state index contributed by atoms with van der Waals surface area (Å²) in [6, 6.07) is 6.30. The van der Waals surface area contributed by atoms with E-state index in [0.717, 1.165) is 22.3 Å². The summed E-state index contributed by atoms with van der Waals surface area (Å²) < 4.78 is 10.4. The van der Waals surface area contributed by atoms with Gasteiger partial charge in [-0.25, -0.2) is 9.59 Å². The summed E-state index contributed by atoms with van der Waals surface area (Å²) >= 11 is 3.69. The third-order valence-corrected chi connectivity index (χ3v) is 4.92. The minimum Gasteiger partial charge on any atom is -0.465 e. The molecular weight excluding hydrogens is 422 g/mol. The lowest BCUT2D eigenvalue weighted by atomic mass is 9.80. The first-order valence-electron chi connectivity index (χ1n) is 8.92. The van der Waals surface area contributed by atoms with E-state index in [9.17, 15) is 9.59 Å². The Morgan fingerprint density at radius 3 is 1.68 bits per heavy atom. The molecular formula is C22H30BrNO4. The highest BCUT2D eigenvalue weighted by Gasteiger charge is 2.32. The van der Waals surface area contributed by atoms with Crippen molar-refractivity contribution >= 4 is 33.4 Å². The van der Waals surface area contributed by atoms with Crippen LogP contribution in [0.2, 0.25) is 0 Å². The van der Waals surface area contributed by atoms with Gasteiger partial charge in [-0.15, -0.1) is 0 Å². The number of methoxy groups -OCH3 is 2. The lowest BCUT2D eigenvalue weighted by Gasteiger charge is -2.29. The van der Waals surface area contributed by atoms with E-state index >= 15 is 0 Å². The number of hydrogen-bond acceptors (Lipinski definition) is 5. The van der Waals surface area contributed by atoms with E-state index in [1.54, 1.807) is 19.0 Å². The zero-order chi connectivity index (χ0) is 21.8. The standard InChI is InChI=1S/C22H30BrNO4/c1-13-10-14(2)12-15(11-13)17(22(3,4)5)18(23)19(24(6)7)16(20(25)27-8)21(26)28-9/h10-12H,1-9H3/b18-17+.